The van der Waals surface area contributed by atoms with Crippen molar-refractivity contribution in [2.75, 3.05) is 0 Å². The van der Waals surface area contributed by atoms with Crippen LogP contribution in [0.5, 0.6) is 0 Å². The minimum atomic E-state index is -0.839. The number of rotatable bonds is 9. The maximum absolute atomic E-state index is 13.4. The Labute approximate surface area is 282 Å². The molecule has 0 aliphatic rings. The van der Waals surface area contributed by atoms with Gasteiger partial charge in [-0.15, -0.1) is 0 Å². The van der Waals surface area contributed by atoms with E-state index in [0.717, 1.165) is 38.9 Å². The fraction of sp³-hybridized carbons (Fsp3) is 0.0488. The van der Waals surface area contributed by atoms with Crippen molar-refractivity contribution in [3.63, 3.8) is 0 Å². The molecule has 0 saturated heterocycles. The summed E-state index contributed by atoms with van der Waals surface area (Å²) in [6, 6.07) is 47.4. The molecule has 3 aromatic heterocycles. The number of benzene rings is 5. The van der Waals surface area contributed by atoms with E-state index in [4.69, 9.17) is 4.98 Å². The summed E-state index contributed by atoms with van der Waals surface area (Å²) in [6.45, 7) is 0. The van der Waals surface area contributed by atoms with Gasteiger partial charge >= 0.3 is 0 Å². The molecule has 1 atom stereocenters. The number of aromatic amines is 1. The van der Waals surface area contributed by atoms with Gasteiger partial charge in [-0.25, -0.2) is 9.97 Å². The first kappa shape index (κ1) is 29.7. The third kappa shape index (κ3) is 5.16. The first-order chi connectivity index (χ1) is 24.2. The van der Waals surface area contributed by atoms with Gasteiger partial charge in [-0.2, -0.15) is 0 Å². The summed E-state index contributed by atoms with van der Waals surface area (Å²) in [6.07, 6.45) is 4.25. The lowest BCUT2D eigenvalue weighted by atomic mass is 9.77. The quantitative estimate of drug-likeness (QED) is 0.126. The number of nitrogens with zero attached hydrogens (tertiary/aromatic N) is 4. The molecule has 8 heteroatoms. The Morgan fingerprint density at radius 1 is 0.694 bits per heavy atom. The van der Waals surface area contributed by atoms with Gasteiger partial charge in [0.25, 0.3) is 5.91 Å². The van der Waals surface area contributed by atoms with Crippen LogP contribution in [0.3, 0.4) is 0 Å². The van der Waals surface area contributed by atoms with Crippen molar-refractivity contribution in [3.8, 4) is 11.3 Å². The normalized spacial score (nSPS) is 12.2. The molecule has 236 valence electrons. The number of pyridine rings is 1. The number of hydrogen-bond donors (Lipinski definition) is 2. The molecule has 0 fully saturated rings. The Bertz CT molecular complexity index is 2290. The number of nitrogens with one attached hydrogen (secondary N) is 2. The number of aromatic nitrogens is 5. The van der Waals surface area contributed by atoms with E-state index < -0.39 is 17.5 Å². The number of amides is 1. The van der Waals surface area contributed by atoms with Gasteiger partial charge in [-0.3, -0.25) is 19.6 Å². The van der Waals surface area contributed by atoms with Gasteiger partial charge in [0.1, 0.15) is 17.9 Å². The van der Waals surface area contributed by atoms with Crippen LogP contribution in [0, 0.1) is 0 Å². The van der Waals surface area contributed by atoms with E-state index in [2.05, 4.69) is 97.9 Å². The topological polar surface area (TPSA) is 106 Å². The molecule has 8 aromatic rings. The maximum atomic E-state index is 13.4. The van der Waals surface area contributed by atoms with Gasteiger partial charge in [-0.1, -0.05) is 121 Å². The van der Waals surface area contributed by atoms with E-state index in [1.165, 1.54) is 0 Å². The second-order valence-electron chi connectivity index (χ2n) is 11.8. The second kappa shape index (κ2) is 12.5. The molecule has 8 rings (SSSR count). The number of carbonyl (C=O) groups is 2. The number of fused-ring (bicyclic) bond motifs is 2. The molecule has 0 saturated carbocycles. The fourth-order valence-corrected chi connectivity index (χ4v) is 6.71. The van der Waals surface area contributed by atoms with Crippen LogP contribution in [-0.2, 0) is 10.3 Å². The van der Waals surface area contributed by atoms with Crippen LogP contribution in [0.4, 0.5) is 0 Å². The van der Waals surface area contributed by atoms with Crippen LogP contribution in [0.2, 0.25) is 0 Å². The Hall–Kier alpha value is -6.67. The number of aldehydes is 1. The van der Waals surface area contributed by atoms with Gasteiger partial charge in [0.05, 0.1) is 22.2 Å². The minimum absolute atomic E-state index is 0.00753. The average molecular weight is 639 g/mol. The predicted octanol–water partition coefficient (Wildman–Crippen LogP) is 7.48. The lowest BCUT2D eigenvalue weighted by molar-refractivity contribution is -0.109. The SMILES string of the molecule is O=C[C@@H](NC(=O)c1nc2cc3c(-c4ccncc4)[nH]n(C(c4ccccc4)(c4ccccc4)c4ccccc4)c3cc2n1)c1ccccc1. The second-order valence-corrected chi connectivity index (χ2v) is 11.8. The zero-order valence-corrected chi connectivity index (χ0v) is 26.3. The van der Waals surface area contributed by atoms with E-state index in [1.54, 1.807) is 24.5 Å². The van der Waals surface area contributed by atoms with Crippen LogP contribution >= 0.6 is 0 Å². The highest BCUT2D eigenvalue weighted by molar-refractivity contribution is 6.03. The Morgan fingerprint density at radius 3 is 1.73 bits per heavy atom. The van der Waals surface area contributed by atoms with Crippen molar-refractivity contribution < 1.29 is 9.59 Å². The third-order valence-electron chi connectivity index (χ3n) is 8.94. The predicted molar refractivity (Wildman–Crippen MR) is 190 cm³/mol. The molecule has 3 heterocycles. The molecular weight excluding hydrogens is 608 g/mol. The molecule has 0 aliphatic carbocycles. The van der Waals surface area contributed by atoms with Crippen molar-refractivity contribution in [1.29, 1.82) is 0 Å². The molecule has 0 radical (unpaired) electrons. The summed E-state index contributed by atoms with van der Waals surface area (Å²) < 4.78 is 2.20. The monoisotopic (exact) mass is 638 g/mol. The van der Waals surface area contributed by atoms with Crippen molar-refractivity contribution in [2.45, 2.75) is 11.6 Å². The highest BCUT2D eigenvalue weighted by Crippen LogP contribution is 2.44. The van der Waals surface area contributed by atoms with Crippen molar-refractivity contribution in [2.24, 2.45) is 0 Å². The Balaban J connectivity index is 1.38. The van der Waals surface area contributed by atoms with Gasteiger partial charge in [0, 0.05) is 23.3 Å². The molecule has 49 heavy (non-hydrogen) atoms. The van der Waals surface area contributed by atoms with Gasteiger partial charge in [-0.05, 0) is 46.5 Å². The van der Waals surface area contributed by atoms with E-state index in [1.807, 2.05) is 60.7 Å². The van der Waals surface area contributed by atoms with Crippen molar-refractivity contribution in [1.82, 2.24) is 30.0 Å². The molecule has 1 amide bonds. The maximum Gasteiger partial charge on any atom is 0.289 e. The first-order valence-corrected chi connectivity index (χ1v) is 16.0. The summed E-state index contributed by atoms with van der Waals surface area (Å²) in [5, 5.41) is 7.49. The Kier molecular flexibility index (Phi) is 7.58. The summed E-state index contributed by atoms with van der Waals surface area (Å²) in [5.74, 6) is -0.537. The molecule has 5 aromatic carbocycles. The summed E-state index contributed by atoms with van der Waals surface area (Å²) in [5.41, 5.74) is 6.78. The standard InChI is InChI=1S/C41H30N6O2/c48-27-36(28-13-5-1-6-14-28)45-40(49)39-43-34-25-33-37(26-35(34)44-39)47(46-38(33)29-21-23-42-24-22-29)41(30-15-7-2-8-16-30,31-17-9-3-10-18-31)32-19-11-4-12-20-32/h1-27,36,46H,(H,45,49)/t36-/m1/s1. The van der Waals surface area contributed by atoms with E-state index in [0.29, 0.717) is 22.9 Å². The first-order valence-electron chi connectivity index (χ1n) is 16.0. The van der Waals surface area contributed by atoms with Crippen LogP contribution in [0.15, 0.2) is 158 Å². The lowest BCUT2D eigenvalue weighted by Gasteiger charge is -2.37. The van der Waals surface area contributed by atoms with Crippen molar-refractivity contribution >= 4 is 34.1 Å². The molecule has 2 N–H and O–H groups in total. The fourth-order valence-electron chi connectivity index (χ4n) is 6.71. The van der Waals surface area contributed by atoms with E-state index in [9.17, 15) is 9.59 Å². The number of imidazole rings is 1. The minimum Gasteiger partial charge on any atom is -0.336 e. The highest BCUT2D eigenvalue weighted by Gasteiger charge is 2.40. The van der Waals surface area contributed by atoms with Gasteiger partial charge in [0.15, 0.2) is 0 Å². The number of H-pyrrole nitrogens is 1. The third-order valence-corrected chi connectivity index (χ3v) is 8.94. The molecule has 0 aliphatic heterocycles. The summed E-state index contributed by atoms with van der Waals surface area (Å²) >= 11 is 0. The van der Waals surface area contributed by atoms with Gasteiger partial charge < -0.3 is 10.1 Å². The Morgan fingerprint density at radius 2 is 1.20 bits per heavy atom. The molecule has 0 spiro atoms. The van der Waals surface area contributed by atoms with Crippen LogP contribution in [0.1, 0.15) is 38.9 Å². The molecular formula is C41H30N6O2. The largest absolute Gasteiger partial charge is 0.336 e. The number of hydrogen-bond acceptors (Lipinski definition) is 5. The average Bonchev–Trinajstić information content (AvgIpc) is 3.77. The molecule has 8 nitrogen and oxygen atoms in total. The number of carbonyl (C=O) groups excluding carboxylic acids is 2. The molecule has 0 unspecified atom stereocenters. The van der Waals surface area contributed by atoms with Crippen LogP contribution < -0.4 is 5.32 Å². The summed E-state index contributed by atoms with van der Waals surface area (Å²) in [7, 11) is 0. The van der Waals surface area contributed by atoms with Crippen LogP contribution in [-0.4, -0.2) is 36.9 Å². The van der Waals surface area contributed by atoms with E-state index in [-0.39, 0.29) is 5.82 Å². The lowest BCUT2D eigenvalue weighted by Crippen LogP contribution is -2.38. The zero-order valence-electron chi connectivity index (χ0n) is 26.3. The van der Waals surface area contributed by atoms with Crippen molar-refractivity contribution in [3.05, 3.63) is 186 Å². The molecule has 0 bridgehead atoms. The van der Waals surface area contributed by atoms with Crippen LogP contribution in [0.25, 0.3) is 33.2 Å². The smallest absolute Gasteiger partial charge is 0.289 e. The zero-order chi connectivity index (χ0) is 33.2. The van der Waals surface area contributed by atoms with Gasteiger partial charge in [0.2, 0.25) is 5.82 Å². The highest BCUT2D eigenvalue weighted by atomic mass is 16.2. The summed E-state index contributed by atoms with van der Waals surface area (Å²) in [4.78, 5) is 39.0. The van der Waals surface area contributed by atoms with E-state index >= 15 is 0 Å².